The molecule has 7 unspecified atom stereocenters. The second kappa shape index (κ2) is 16.3. The highest BCUT2D eigenvalue weighted by Gasteiger charge is 2.53. The Morgan fingerprint density at radius 1 is 1.12 bits per heavy atom. The Morgan fingerprint density at radius 3 is 2.58 bits per heavy atom. The van der Waals surface area contributed by atoms with E-state index in [9.17, 15) is 40.2 Å². The van der Waals surface area contributed by atoms with E-state index in [1.54, 1.807) is 19.2 Å². The lowest BCUT2D eigenvalue weighted by atomic mass is 9.72. The third kappa shape index (κ3) is 7.44. The Labute approximate surface area is 347 Å². The first kappa shape index (κ1) is 42.1. The average Bonchev–Trinajstić information content (AvgIpc) is 4.03. The van der Waals surface area contributed by atoms with Gasteiger partial charge in [0.05, 0.1) is 29.7 Å². The number of allylic oxidation sites excluding steroid dienone is 2. The fraction of sp³-hybridized carbons (Fsp3) is 0.533. The molecule has 7 atom stereocenters. The Balaban J connectivity index is 1.17. The standard InChI is InChI=1S/C45H55N3O12/c1-4-33-30-12-16-46-32(30)22-48(33)37-39-27(18-31-34(51)17-25(2)58-40(31)37)19-36(43(3,59-39)15-11-28-21-47-42(55)44(28)13-5-6-14-44)60-57-24-45(56,41(54)38(53)35(52)23-49)20-26-7-9-29(50)10-8-26/h7-10,12,16-18,28,35-36,38,41,49-50,52-54,56H,4-6,11,13-15,19-24H2,1-3H3,(H,47,55). The largest absolute Gasteiger partial charge is 0.508 e. The number of hydrogen-bond donors (Lipinski definition) is 7. The number of aliphatic imine (C=N–C) groups is 1. The molecule has 5 heterocycles. The van der Waals surface area contributed by atoms with Crippen LogP contribution in [0.5, 0.6) is 11.5 Å². The first-order chi connectivity index (χ1) is 28.7. The molecule has 2 aromatic carbocycles. The van der Waals surface area contributed by atoms with Crippen molar-refractivity contribution in [3.63, 3.8) is 0 Å². The molecule has 1 aliphatic carbocycles. The number of carbonyl (C=O) groups excluding carboxylic acids is 1. The molecule has 1 saturated heterocycles. The van der Waals surface area contributed by atoms with Gasteiger partial charge in [0.25, 0.3) is 0 Å². The molecule has 0 radical (unpaired) electrons. The van der Waals surface area contributed by atoms with Gasteiger partial charge in [-0.1, -0.05) is 31.9 Å². The van der Waals surface area contributed by atoms with Crippen LogP contribution in [0.3, 0.4) is 0 Å². The summed E-state index contributed by atoms with van der Waals surface area (Å²) in [6.07, 6.45) is 2.38. The number of carbonyl (C=O) groups is 1. The molecular formula is C45H55N3O12. The number of phenols is 1. The minimum Gasteiger partial charge on any atom is -0.508 e. The fourth-order valence-corrected chi connectivity index (χ4v) is 10.1. The topological polar surface area (TPSA) is 224 Å². The van der Waals surface area contributed by atoms with Crippen LogP contribution in [0.15, 0.2) is 74.1 Å². The zero-order valence-electron chi connectivity index (χ0n) is 34.2. The summed E-state index contributed by atoms with van der Waals surface area (Å²) >= 11 is 0. The number of fused-ring (bicyclic) bond motifs is 3. The normalized spacial score (nSPS) is 25.6. The summed E-state index contributed by atoms with van der Waals surface area (Å²) < 4.78 is 13.6. The van der Waals surface area contributed by atoms with Gasteiger partial charge < -0.3 is 50.0 Å². The Hall–Kier alpha value is -4.61. The van der Waals surface area contributed by atoms with Gasteiger partial charge in [-0.3, -0.25) is 14.6 Å². The van der Waals surface area contributed by atoms with E-state index in [4.69, 9.17) is 18.9 Å². The number of amides is 1. The number of nitrogens with zero attached hydrogens (tertiary/aromatic N) is 2. The van der Waals surface area contributed by atoms with Gasteiger partial charge in [0.1, 0.15) is 59.4 Å². The number of anilines is 1. The predicted octanol–water partition coefficient (Wildman–Crippen LogP) is 3.41. The van der Waals surface area contributed by atoms with Crippen LogP contribution in [0.25, 0.3) is 11.0 Å². The van der Waals surface area contributed by atoms with E-state index in [0.717, 1.165) is 42.7 Å². The molecular weight excluding hydrogens is 775 g/mol. The molecule has 4 aliphatic heterocycles. The van der Waals surface area contributed by atoms with Crippen molar-refractivity contribution in [2.75, 3.05) is 31.2 Å². The van der Waals surface area contributed by atoms with Crippen molar-refractivity contribution in [2.24, 2.45) is 16.3 Å². The maximum Gasteiger partial charge on any atom is 0.226 e. The van der Waals surface area contributed by atoms with E-state index in [2.05, 4.69) is 22.1 Å². The number of benzene rings is 2. The molecule has 0 bridgehead atoms. The van der Waals surface area contributed by atoms with Crippen molar-refractivity contribution in [2.45, 2.75) is 114 Å². The molecule has 60 heavy (non-hydrogen) atoms. The number of aromatic hydroxyl groups is 1. The Bertz CT molecular complexity index is 2280. The second-order valence-corrected chi connectivity index (χ2v) is 17.4. The highest BCUT2D eigenvalue weighted by atomic mass is 17.2. The van der Waals surface area contributed by atoms with Crippen molar-refractivity contribution in [1.82, 2.24) is 5.32 Å². The van der Waals surface area contributed by atoms with E-state index in [-0.39, 0.29) is 35.8 Å². The molecule has 1 amide bonds. The number of aliphatic hydroxyl groups excluding tert-OH is 4. The molecule has 3 aromatic rings. The van der Waals surface area contributed by atoms with Gasteiger partial charge in [-0.15, -0.1) is 0 Å². The maximum atomic E-state index is 13.7. The zero-order chi connectivity index (χ0) is 42.6. The SMILES string of the molecule is CCC1=C2C=CN=C2CN1c1c2c(cc3c(=O)cc(C)oc13)CC(OOCC(O)(Cc1ccc(O)cc1)C(O)C(O)C(O)CO)C(C)(CCC1CNC(=O)C13CCCC3)O2. The van der Waals surface area contributed by atoms with Gasteiger partial charge in [-0.05, 0) is 81.7 Å². The molecule has 8 rings (SSSR count). The maximum absolute atomic E-state index is 13.7. The summed E-state index contributed by atoms with van der Waals surface area (Å²) in [4.78, 5) is 45.8. The van der Waals surface area contributed by atoms with Crippen LogP contribution in [-0.4, -0.2) is 104 Å². The number of rotatable bonds is 15. The third-order valence-corrected chi connectivity index (χ3v) is 13.5. The predicted molar refractivity (Wildman–Crippen MR) is 221 cm³/mol. The van der Waals surface area contributed by atoms with Crippen LogP contribution in [0, 0.1) is 18.3 Å². The van der Waals surface area contributed by atoms with Gasteiger partial charge in [0, 0.05) is 48.5 Å². The first-order valence-corrected chi connectivity index (χ1v) is 21.0. The smallest absolute Gasteiger partial charge is 0.226 e. The summed E-state index contributed by atoms with van der Waals surface area (Å²) in [5.41, 5.74) is 0.983. The quantitative estimate of drug-likeness (QED) is 0.0863. The fourth-order valence-electron chi connectivity index (χ4n) is 10.1. The van der Waals surface area contributed by atoms with E-state index in [1.807, 2.05) is 13.0 Å². The molecule has 7 N–H and O–H groups in total. The highest BCUT2D eigenvalue weighted by Crippen LogP contribution is 2.52. The molecule has 1 spiro atoms. The first-order valence-electron chi connectivity index (χ1n) is 21.0. The summed E-state index contributed by atoms with van der Waals surface area (Å²) in [5.74, 6) is 1.10. The van der Waals surface area contributed by atoms with Gasteiger partial charge in [-0.25, -0.2) is 9.78 Å². The van der Waals surface area contributed by atoms with Gasteiger partial charge >= 0.3 is 0 Å². The number of aryl methyl sites for hydroxylation is 1. The van der Waals surface area contributed by atoms with Gasteiger partial charge in [0.15, 0.2) is 16.8 Å². The summed E-state index contributed by atoms with van der Waals surface area (Å²) in [7, 11) is 0. The molecule has 1 aromatic heterocycles. The number of aliphatic hydroxyl groups is 5. The number of ether oxygens (including phenoxy) is 1. The monoisotopic (exact) mass is 829 g/mol. The molecule has 322 valence electrons. The lowest BCUT2D eigenvalue weighted by Crippen LogP contribution is -2.58. The summed E-state index contributed by atoms with van der Waals surface area (Å²) in [6.45, 7) is 5.13. The molecule has 2 fully saturated rings. The zero-order valence-corrected chi connectivity index (χ0v) is 34.2. The van der Waals surface area contributed by atoms with E-state index >= 15 is 0 Å². The van der Waals surface area contributed by atoms with E-state index in [0.29, 0.717) is 71.6 Å². The minimum absolute atomic E-state index is 0.0174. The van der Waals surface area contributed by atoms with Crippen LogP contribution in [0.2, 0.25) is 0 Å². The number of nitrogens with one attached hydrogen (secondary N) is 1. The second-order valence-electron chi connectivity index (χ2n) is 17.4. The lowest BCUT2D eigenvalue weighted by Gasteiger charge is -2.44. The highest BCUT2D eigenvalue weighted by molar-refractivity contribution is 6.13. The Kier molecular flexibility index (Phi) is 11.5. The van der Waals surface area contributed by atoms with Crippen LogP contribution in [0.4, 0.5) is 5.69 Å². The third-order valence-electron chi connectivity index (χ3n) is 13.5. The van der Waals surface area contributed by atoms with Crippen LogP contribution in [0.1, 0.15) is 75.7 Å². The van der Waals surface area contributed by atoms with Crippen LogP contribution < -0.4 is 20.4 Å². The molecule has 1 saturated carbocycles. The minimum atomic E-state index is -2.27. The van der Waals surface area contributed by atoms with Gasteiger partial charge in [-0.2, -0.15) is 0 Å². The van der Waals surface area contributed by atoms with E-state index in [1.165, 1.54) is 30.3 Å². The van der Waals surface area contributed by atoms with Crippen molar-refractivity contribution < 1.29 is 54.4 Å². The van der Waals surface area contributed by atoms with Crippen molar-refractivity contribution >= 4 is 28.3 Å². The molecule has 5 aliphatic rings. The van der Waals surface area contributed by atoms with Crippen molar-refractivity contribution in [1.29, 1.82) is 0 Å². The van der Waals surface area contributed by atoms with Crippen molar-refractivity contribution in [3.05, 3.63) is 87.1 Å². The van der Waals surface area contributed by atoms with Crippen LogP contribution >= 0.6 is 0 Å². The van der Waals surface area contributed by atoms with E-state index < -0.39 is 54.2 Å². The lowest BCUT2D eigenvalue weighted by molar-refractivity contribution is -0.371. The van der Waals surface area contributed by atoms with Crippen molar-refractivity contribution in [3.8, 4) is 11.5 Å². The molecule has 15 nitrogen and oxygen atoms in total. The average molecular weight is 830 g/mol. The molecule has 15 heteroatoms. The summed E-state index contributed by atoms with van der Waals surface area (Å²) in [5, 5.41) is 67.0. The Morgan fingerprint density at radius 2 is 1.87 bits per heavy atom. The number of phenolic OH excluding ortho intramolecular Hbond substituents is 1. The van der Waals surface area contributed by atoms with Crippen LogP contribution in [-0.2, 0) is 27.4 Å². The summed E-state index contributed by atoms with van der Waals surface area (Å²) in [6, 6.07) is 9.08. The van der Waals surface area contributed by atoms with Gasteiger partial charge in [0.2, 0.25) is 5.91 Å². The number of hydrogen-bond acceptors (Lipinski definition) is 14.